The van der Waals surface area contributed by atoms with Crippen LogP contribution in [-0.2, 0) is 0 Å². The molecule has 0 saturated carbocycles. The Labute approximate surface area is 81.6 Å². The second kappa shape index (κ2) is 4.48. The van der Waals surface area contributed by atoms with Gasteiger partial charge in [0.25, 0.3) is 0 Å². The van der Waals surface area contributed by atoms with Crippen molar-refractivity contribution in [2.45, 2.75) is 26.3 Å². The van der Waals surface area contributed by atoms with Crippen molar-refractivity contribution in [3.63, 3.8) is 0 Å². The Kier molecular flexibility index (Phi) is 5.00. The van der Waals surface area contributed by atoms with Crippen LogP contribution in [0.2, 0.25) is 0 Å². The summed E-state index contributed by atoms with van der Waals surface area (Å²) >= 11 is -2.80. The zero-order valence-corrected chi connectivity index (χ0v) is 11.6. The standard InChI is InChI=1S/C5H13NO2.2ClH.Sn.H/c1-4(7)6(3)5(2)8;;;;/h4-5,7-8H,1-3H3;2*1H;;/q;;;+3;/p-2. The van der Waals surface area contributed by atoms with E-state index < -0.39 is 30.2 Å². The predicted octanol–water partition coefficient (Wildman–Crippen LogP) is 0.304. The molecule has 0 radical (unpaired) electrons. The van der Waals surface area contributed by atoms with Crippen LogP contribution in [0.25, 0.3) is 0 Å². The summed E-state index contributed by atoms with van der Waals surface area (Å²) in [5.41, 5.74) is 0. The zero-order valence-electron chi connectivity index (χ0n) is 6.83. The normalized spacial score (nSPS) is 22.9. The quantitative estimate of drug-likeness (QED) is 0.582. The molecule has 11 heavy (non-hydrogen) atoms. The molecule has 0 fully saturated rings. The maximum absolute atomic E-state index is 9.31. The van der Waals surface area contributed by atoms with Crippen molar-refractivity contribution in [3.8, 4) is 0 Å². The van der Waals surface area contributed by atoms with Crippen LogP contribution in [0.3, 0.4) is 0 Å². The number of quaternary nitrogens is 1. The van der Waals surface area contributed by atoms with Crippen LogP contribution < -0.4 is 0 Å². The van der Waals surface area contributed by atoms with Crippen molar-refractivity contribution < 1.29 is 12.9 Å². The van der Waals surface area contributed by atoms with E-state index in [4.69, 9.17) is 17.8 Å². The molecule has 0 aromatic heterocycles. The van der Waals surface area contributed by atoms with E-state index in [1.807, 2.05) is 0 Å². The molecule has 68 valence electrons. The van der Waals surface area contributed by atoms with Crippen molar-refractivity contribution in [1.82, 2.24) is 0 Å². The molecule has 2 atom stereocenters. The van der Waals surface area contributed by atoms with E-state index in [0.717, 1.165) is 0 Å². The van der Waals surface area contributed by atoms with E-state index in [1.54, 1.807) is 20.9 Å². The van der Waals surface area contributed by atoms with Crippen LogP contribution >= 0.6 is 17.8 Å². The monoisotopic (exact) mass is 310 g/mol. The molecule has 0 heterocycles. The molecule has 0 aromatic carbocycles. The van der Waals surface area contributed by atoms with Crippen LogP contribution in [0.4, 0.5) is 0 Å². The fourth-order valence-electron chi connectivity index (χ4n) is 0.638. The first-order valence-corrected chi connectivity index (χ1v) is 13.1. The number of hydrogen-bond acceptors (Lipinski definition) is 2. The average molecular weight is 310 g/mol. The van der Waals surface area contributed by atoms with E-state index in [1.165, 1.54) is 0 Å². The van der Waals surface area contributed by atoms with Gasteiger partial charge in [-0.25, -0.2) is 0 Å². The van der Waals surface area contributed by atoms with Gasteiger partial charge in [0.2, 0.25) is 0 Å². The van der Waals surface area contributed by atoms with Crippen molar-refractivity contribution in [1.29, 1.82) is 0 Å². The summed E-state index contributed by atoms with van der Waals surface area (Å²) in [4.78, 5) is 0. The molecule has 0 spiro atoms. The second-order valence-electron chi connectivity index (χ2n) is 2.76. The van der Waals surface area contributed by atoms with Gasteiger partial charge in [0.1, 0.15) is 0 Å². The summed E-state index contributed by atoms with van der Waals surface area (Å²) in [5.74, 6) is 0. The molecule has 0 bridgehead atoms. The first kappa shape index (κ1) is 12.3. The van der Waals surface area contributed by atoms with E-state index in [9.17, 15) is 10.2 Å². The first-order chi connectivity index (χ1) is 4.83. The van der Waals surface area contributed by atoms with Crippen molar-refractivity contribution in [2.75, 3.05) is 7.05 Å². The predicted molar refractivity (Wildman–Crippen MR) is 48.4 cm³/mol. The van der Waals surface area contributed by atoms with Gasteiger partial charge in [-0.3, -0.25) is 0 Å². The fraction of sp³-hybridized carbons (Fsp3) is 1.00. The Balaban J connectivity index is 4.53. The minimum atomic E-state index is -2.80. The summed E-state index contributed by atoms with van der Waals surface area (Å²) in [6.07, 6.45) is -1.41. The Morgan fingerprint density at radius 2 is 1.45 bits per heavy atom. The summed E-state index contributed by atoms with van der Waals surface area (Å²) in [6.45, 7) is 3.17. The molecule has 0 aliphatic heterocycles. The average Bonchev–Trinajstić information content (AvgIpc) is 1.84. The molecule has 6 heteroatoms. The minimum absolute atomic E-state index is 0.0186. The maximum atomic E-state index is 9.31. The van der Waals surface area contributed by atoms with Gasteiger partial charge in [-0.15, -0.1) is 0 Å². The molecule has 0 aliphatic rings. The summed E-state index contributed by atoms with van der Waals surface area (Å²) < 4.78 is 0.0186. The number of aliphatic hydroxyl groups is 2. The van der Waals surface area contributed by atoms with Crippen LogP contribution in [0.5, 0.6) is 0 Å². The van der Waals surface area contributed by atoms with Crippen LogP contribution in [0.15, 0.2) is 0 Å². The zero-order chi connectivity index (χ0) is 9.23. The van der Waals surface area contributed by atoms with E-state index in [0.29, 0.717) is 0 Å². The molecule has 0 saturated heterocycles. The fourth-order valence-corrected chi connectivity index (χ4v) is 6.88. The number of hydrogen-bond donors (Lipinski definition) is 2. The Bertz CT molecular complexity index is 110. The molecule has 0 amide bonds. The van der Waals surface area contributed by atoms with Gasteiger partial charge in [-0.05, 0) is 0 Å². The molecule has 0 aliphatic carbocycles. The number of halogens is 2. The van der Waals surface area contributed by atoms with Gasteiger partial charge in [0.15, 0.2) is 0 Å². The molecule has 0 rings (SSSR count). The Morgan fingerprint density at radius 1 is 1.18 bits per heavy atom. The third-order valence-electron chi connectivity index (χ3n) is 2.03. The van der Waals surface area contributed by atoms with Crippen molar-refractivity contribution in [2.24, 2.45) is 0 Å². The van der Waals surface area contributed by atoms with Gasteiger partial charge in [0, 0.05) is 0 Å². The Morgan fingerprint density at radius 3 is 1.45 bits per heavy atom. The summed E-state index contributed by atoms with van der Waals surface area (Å²) in [7, 11) is 13.3. The summed E-state index contributed by atoms with van der Waals surface area (Å²) in [5, 5.41) is 18.6. The van der Waals surface area contributed by atoms with Crippen molar-refractivity contribution >= 4 is 35.6 Å². The van der Waals surface area contributed by atoms with Gasteiger partial charge >= 0.3 is 81.9 Å². The second-order valence-corrected chi connectivity index (χ2v) is 14.6. The van der Waals surface area contributed by atoms with Gasteiger partial charge < -0.3 is 0 Å². The van der Waals surface area contributed by atoms with Crippen LogP contribution in [-0.4, -0.2) is 50.2 Å². The Hall–Kier alpha value is 1.26. The van der Waals surface area contributed by atoms with E-state index in [-0.39, 0.29) is 2.70 Å². The molecule has 3 nitrogen and oxygen atoms in total. The van der Waals surface area contributed by atoms with Gasteiger partial charge in [-0.2, -0.15) is 0 Å². The molecular formula is C5H14Cl2NO2Sn+. The third-order valence-corrected chi connectivity index (χ3v) is 12.5. The topological polar surface area (TPSA) is 40.5 Å². The molecule has 2 N–H and O–H groups in total. The van der Waals surface area contributed by atoms with Crippen LogP contribution in [0.1, 0.15) is 13.8 Å². The molecule has 0 aromatic rings. The van der Waals surface area contributed by atoms with E-state index >= 15 is 0 Å². The summed E-state index contributed by atoms with van der Waals surface area (Å²) in [6, 6.07) is 0. The number of aliphatic hydroxyl groups excluding tert-OH is 2. The third kappa shape index (κ3) is 2.60. The molecular weight excluding hydrogens is 296 g/mol. The van der Waals surface area contributed by atoms with Crippen LogP contribution in [0, 0.1) is 0 Å². The molecule has 2 unspecified atom stereocenters. The SMILES string of the molecule is CC(O)[N+](C)(C(C)O)[SnH]([Cl])[Cl]. The van der Waals surface area contributed by atoms with Gasteiger partial charge in [-0.1, -0.05) is 0 Å². The van der Waals surface area contributed by atoms with Crippen molar-refractivity contribution in [3.05, 3.63) is 0 Å². The number of nitrogens with zero attached hydrogens (tertiary/aromatic N) is 1. The van der Waals surface area contributed by atoms with E-state index in [2.05, 4.69) is 0 Å². The van der Waals surface area contributed by atoms with Gasteiger partial charge in [0.05, 0.1) is 0 Å². The number of rotatable bonds is 3. The first-order valence-electron chi connectivity index (χ1n) is 3.33.